The molecule has 0 aromatic heterocycles. The van der Waals surface area contributed by atoms with E-state index in [4.69, 9.17) is 17.3 Å². The Morgan fingerprint density at radius 1 is 1.35 bits per heavy atom. The Kier molecular flexibility index (Phi) is 5.07. The van der Waals surface area contributed by atoms with Gasteiger partial charge in [0.2, 0.25) is 10.0 Å². The van der Waals surface area contributed by atoms with E-state index < -0.39 is 22.7 Å². The van der Waals surface area contributed by atoms with Gasteiger partial charge in [0.05, 0.1) is 4.90 Å². The van der Waals surface area contributed by atoms with Crippen LogP contribution in [0.5, 0.6) is 0 Å². The second-order valence-corrected chi connectivity index (χ2v) is 6.72. The molecule has 0 aliphatic rings. The zero-order valence-electron chi connectivity index (χ0n) is 10.8. The Morgan fingerprint density at radius 3 is 2.35 bits per heavy atom. The highest BCUT2D eigenvalue weighted by Crippen LogP contribution is 2.28. The number of nitrogens with two attached hydrogens (primary N) is 1. The molecule has 9 heteroatoms. The average molecular weight is 331 g/mol. The van der Waals surface area contributed by atoms with Gasteiger partial charge in [0.1, 0.15) is 6.54 Å². The van der Waals surface area contributed by atoms with Crippen molar-refractivity contribution in [2.45, 2.75) is 24.5 Å². The van der Waals surface area contributed by atoms with Gasteiger partial charge in [0.25, 0.3) is 0 Å². The molecule has 0 fully saturated rings. The lowest BCUT2D eigenvalue weighted by atomic mass is 10.1. The zero-order valence-corrected chi connectivity index (χ0v) is 12.4. The van der Waals surface area contributed by atoms with Gasteiger partial charge in [-0.05, 0) is 30.2 Å². The first kappa shape index (κ1) is 17.2. The molecule has 4 nitrogen and oxygen atoms in total. The van der Waals surface area contributed by atoms with Gasteiger partial charge < -0.3 is 5.73 Å². The maximum atomic E-state index is 12.3. The maximum Gasteiger partial charge on any atom is 0.402 e. The number of halogens is 4. The molecule has 0 heterocycles. The highest BCUT2D eigenvalue weighted by atomic mass is 35.5. The van der Waals surface area contributed by atoms with E-state index in [9.17, 15) is 21.6 Å². The quantitative estimate of drug-likeness (QED) is 0.921. The summed E-state index contributed by atoms with van der Waals surface area (Å²) in [6.45, 7) is -0.0516. The SMILES string of the molecule is Cc1c(CN)cc(Cl)cc1S(=O)(=O)N(C)CC(F)(F)F. The summed E-state index contributed by atoms with van der Waals surface area (Å²) in [5.74, 6) is 0. The van der Waals surface area contributed by atoms with Crippen molar-refractivity contribution in [3.63, 3.8) is 0 Å². The monoisotopic (exact) mass is 330 g/mol. The van der Waals surface area contributed by atoms with Gasteiger partial charge in [-0.2, -0.15) is 17.5 Å². The van der Waals surface area contributed by atoms with Crippen LogP contribution in [-0.2, 0) is 16.6 Å². The zero-order chi connectivity index (χ0) is 15.7. The van der Waals surface area contributed by atoms with Crippen LogP contribution in [0.1, 0.15) is 11.1 Å². The second-order valence-electron chi connectivity index (χ2n) is 4.27. The summed E-state index contributed by atoms with van der Waals surface area (Å²) in [6.07, 6.45) is -4.62. The molecular formula is C11H14ClF3N2O2S. The minimum atomic E-state index is -4.62. The minimum Gasteiger partial charge on any atom is -0.326 e. The van der Waals surface area contributed by atoms with E-state index in [-0.39, 0.29) is 20.8 Å². The van der Waals surface area contributed by atoms with Crippen molar-refractivity contribution >= 4 is 21.6 Å². The van der Waals surface area contributed by atoms with Crippen molar-refractivity contribution in [3.05, 3.63) is 28.3 Å². The van der Waals surface area contributed by atoms with Crippen LogP contribution in [0.4, 0.5) is 13.2 Å². The number of hydrogen-bond acceptors (Lipinski definition) is 3. The van der Waals surface area contributed by atoms with E-state index in [0.29, 0.717) is 11.1 Å². The van der Waals surface area contributed by atoms with Crippen molar-refractivity contribution in [1.82, 2.24) is 4.31 Å². The normalized spacial score (nSPS) is 13.0. The van der Waals surface area contributed by atoms with Crippen LogP contribution < -0.4 is 5.73 Å². The Hall–Kier alpha value is -0.830. The van der Waals surface area contributed by atoms with Crippen molar-refractivity contribution < 1.29 is 21.6 Å². The predicted octanol–water partition coefficient (Wildman–Crippen LogP) is 2.29. The molecule has 0 spiro atoms. The van der Waals surface area contributed by atoms with Crippen molar-refractivity contribution in [2.75, 3.05) is 13.6 Å². The number of alkyl halides is 3. The standard InChI is InChI=1S/C11H14ClF3N2O2S/c1-7-8(5-16)3-9(12)4-10(7)20(18,19)17(2)6-11(13,14)15/h3-4H,5-6,16H2,1-2H3. The molecule has 0 unspecified atom stereocenters. The molecule has 2 N–H and O–H groups in total. The van der Waals surface area contributed by atoms with Gasteiger partial charge in [-0.15, -0.1) is 0 Å². The third kappa shape index (κ3) is 3.85. The molecule has 114 valence electrons. The largest absolute Gasteiger partial charge is 0.402 e. The fourth-order valence-corrected chi connectivity index (χ4v) is 3.44. The van der Waals surface area contributed by atoms with Gasteiger partial charge in [-0.25, -0.2) is 8.42 Å². The summed E-state index contributed by atoms with van der Waals surface area (Å²) in [5.41, 5.74) is 6.23. The first-order chi connectivity index (χ1) is 8.99. The Labute approximate surface area is 120 Å². The van der Waals surface area contributed by atoms with Gasteiger partial charge in [-0.3, -0.25) is 0 Å². The van der Waals surface area contributed by atoms with Gasteiger partial charge >= 0.3 is 6.18 Å². The van der Waals surface area contributed by atoms with Crippen molar-refractivity contribution in [2.24, 2.45) is 5.73 Å². The summed E-state index contributed by atoms with van der Waals surface area (Å²) in [7, 11) is -3.42. The number of sulfonamides is 1. The van der Waals surface area contributed by atoms with Crippen LogP contribution in [-0.4, -0.2) is 32.5 Å². The molecule has 0 aliphatic heterocycles. The van der Waals surface area contributed by atoms with Gasteiger partial charge in [-0.1, -0.05) is 11.6 Å². The summed E-state index contributed by atoms with van der Waals surface area (Å²) >= 11 is 5.78. The third-order valence-electron chi connectivity index (χ3n) is 2.74. The molecule has 0 aliphatic carbocycles. The highest BCUT2D eigenvalue weighted by Gasteiger charge is 2.35. The van der Waals surface area contributed by atoms with Crippen molar-refractivity contribution in [1.29, 1.82) is 0 Å². The van der Waals surface area contributed by atoms with Crippen LogP contribution >= 0.6 is 11.6 Å². The average Bonchev–Trinajstić information content (AvgIpc) is 2.29. The van der Waals surface area contributed by atoms with E-state index in [0.717, 1.165) is 13.1 Å². The van der Waals surface area contributed by atoms with E-state index in [1.807, 2.05) is 0 Å². The van der Waals surface area contributed by atoms with Gasteiger partial charge in [0.15, 0.2) is 0 Å². The van der Waals surface area contributed by atoms with Gasteiger partial charge in [0, 0.05) is 18.6 Å². The lowest BCUT2D eigenvalue weighted by Gasteiger charge is -2.21. The molecule has 1 rings (SSSR count). The summed E-state index contributed by atoms with van der Waals surface area (Å²) < 4.78 is 61.6. The first-order valence-electron chi connectivity index (χ1n) is 5.51. The molecule has 1 aromatic rings. The number of hydrogen-bond donors (Lipinski definition) is 1. The first-order valence-corrected chi connectivity index (χ1v) is 7.33. The molecule has 0 radical (unpaired) electrons. The number of benzene rings is 1. The Bertz CT molecular complexity index is 602. The highest BCUT2D eigenvalue weighted by molar-refractivity contribution is 7.89. The van der Waals surface area contributed by atoms with E-state index >= 15 is 0 Å². The fourth-order valence-electron chi connectivity index (χ4n) is 1.69. The molecule has 0 saturated carbocycles. The van der Waals surface area contributed by atoms with Crippen molar-refractivity contribution in [3.8, 4) is 0 Å². The Balaban J connectivity index is 3.32. The topological polar surface area (TPSA) is 63.4 Å². The molecule has 0 bridgehead atoms. The molecule has 0 saturated heterocycles. The minimum absolute atomic E-state index is 0.0396. The summed E-state index contributed by atoms with van der Waals surface area (Å²) in [4.78, 5) is -0.266. The molecule has 0 amide bonds. The van der Waals surface area contributed by atoms with E-state index in [1.165, 1.54) is 13.0 Å². The van der Waals surface area contributed by atoms with E-state index in [1.54, 1.807) is 0 Å². The summed E-state index contributed by atoms with van der Waals surface area (Å²) in [6, 6.07) is 2.61. The van der Waals surface area contributed by atoms with E-state index in [2.05, 4.69) is 0 Å². The summed E-state index contributed by atoms with van der Waals surface area (Å²) in [5, 5.41) is 0.107. The van der Waals surface area contributed by atoms with Crippen LogP contribution in [0, 0.1) is 6.92 Å². The Morgan fingerprint density at radius 2 is 1.90 bits per heavy atom. The molecule has 1 aromatic carbocycles. The fraction of sp³-hybridized carbons (Fsp3) is 0.455. The predicted molar refractivity (Wildman–Crippen MR) is 70.0 cm³/mol. The maximum absolute atomic E-state index is 12.3. The lowest BCUT2D eigenvalue weighted by Crippen LogP contribution is -2.36. The molecule has 20 heavy (non-hydrogen) atoms. The smallest absolute Gasteiger partial charge is 0.326 e. The number of rotatable bonds is 4. The van der Waals surface area contributed by atoms with Crippen LogP contribution in [0.2, 0.25) is 5.02 Å². The van der Waals surface area contributed by atoms with Crippen LogP contribution in [0.15, 0.2) is 17.0 Å². The second kappa shape index (κ2) is 5.88. The third-order valence-corrected chi connectivity index (χ3v) is 4.89. The van der Waals surface area contributed by atoms with Crippen LogP contribution in [0.25, 0.3) is 0 Å². The van der Waals surface area contributed by atoms with Crippen LogP contribution in [0.3, 0.4) is 0 Å². The molecular weight excluding hydrogens is 317 g/mol. The lowest BCUT2D eigenvalue weighted by molar-refractivity contribution is -0.134. The number of nitrogens with zero attached hydrogens (tertiary/aromatic N) is 1. The molecule has 0 atom stereocenters.